The highest BCUT2D eigenvalue weighted by atomic mass is 16.5. The molecule has 2 aromatic rings. The zero-order chi connectivity index (χ0) is 14.8. The van der Waals surface area contributed by atoms with Crippen LogP contribution in [0.15, 0.2) is 30.5 Å². The standard InChI is InChI=1S/C16H21N3O2/c1-4-19-16(14(20-3)9-18-19)15(17-2)12-10-21-13-8-6-5-7-11(12)13/h5-9,12,15,17H,4,10H2,1-3H3. The van der Waals surface area contributed by atoms with Crippen molar-refractivity contribution >= 4 is 0 Å². The number of fused-ring (bicyclic) bond motifs is 1. The van der Waals surface area contributed by atoms with Gasteiger partial charge in [-0.15, -0.1) is 0 Å². The van der Waals surface area contributed by atoms with Gasteiger partial charge in [0.2, 0.25) is 0 Å². The predicted molar refractivity (Wildman–Crippen MR) is 80.9 cm³/mol. The molecule has 21 heavy (non-hydrogen) atoms. The lowest BCUT2D eigenvalue weighted by Gasteiger charge is -2.24. The van der Waals surface area contributed by atoms with Crippen LogP contribution in [0.25, 0.3) is 0 Å². The van der Waals surface area contributed by atoms with Crippen molar-refractivity contribution in [2.75, 3.05) is 20.8 Å². The largest absolute Gasteiger partial charge is 0.493 e. The van der Waals surface area contributed by atoms with Crippen LogP contribution in [0.4, 0.5) is 0 Å². The van der Waals surface area contributed by atoms with Gasteiger partial charge in [0.25, 0.3) is 0 Å². The third-order valence-electron chi connectivity index (χ3n) is 4.11. The van der Waals surface area contributed by atoms with E-state index in [0.717, 1.165) is 23.7 Å². The lowest BCUT2D eigenvalue weighted by molar-refractivity contribution is 0.294. The second-order valence-electron chi connectivity index (χ2n) is 5.14. The summed E-state index contributed by atoms with van der Waals surface area (Å²) in [7, 11) is 3.66. The summed E-state index contributed by atoms with van der Waals surface area (Å²) in [5.74, 6) is 2.05. The molecular formula is C16H21N3O2. The van der Waals surface area contributed by atoms with Gasteiger partial charge in [0.05, 0.1) is 31.6 Å². The molecular weight excluding hydrogens is 266 g/mol. The molecule has 0 saturated heterocycles. The molecule has 1 aliphatic rings. The summed E-state index contributed by atoms with van der Waals surface area (Å²) in [6, 6.07) is 8.33. The first-order chi connectivity index (χ1) is 10.3. The molecule has 0 amide bonds. The van der Waals surface area contributed by atoms with Crippen molar-refractivity contribution < 1.29 is 9.47 Å². The van der Waals surface area contributed by atoms with E-state index in [1.807, 2.05) is 23.9 Å². The average molecular weight is 287 g/mol. The summed E-state index contributed by atoms with van der Waals surface area (Å²) in [5, 5.41) is 7.83. The van der Waals surface area contributed by atoms with Crippen LogP contribution in [0, 0.1) is 0 Å². The summed E-state index contributed by atoms with van der Waals surface area (Å²) in [6.07, 6.45) is 1.78. The highest BCUT2D eigenvalue weighted by Gasteiger charge is 2.35. The third kappa shape index (κ3) is 2.27. The number of aromatic nitrogens is 2. The number of rotatable bonds is 5. The molecule has 0 aliphatic carbocycles. The van der Waals surface area contributed by atoms with Crippen LogP contribution in [0.3, 0.4) is 0 Å². The second-order valence-corrected chi connectivity index (χ2v) is 5.14. The fourth-order valence-corrected chi connectivity index (χ4v) is 3.09. The molecule has 0 spiro atoms. The Balaban J connectivity index is 2.02. The average Bonchev–Trinajstić information content (AvgIpc) is 3.13. The summed E-state index contributed by atoms with van der Waals surface area (Å²) in [6.45, 7) is 3.57. The summed E-state index contributed by atoms with van der Waals surface area (Å²) in [4.78, 5) is 0. The molecule has 5 nitrogen and oxygen atoms in total. The van der Waals surface area contributed by atoms with Crippen molar-refractivity contribution in [3.05, 3.63) is 41.7 Å². The van der Waals surface area contributed by atoms with Gasteiger partial charge in [-0.2, -0.15) is 5.10 Å². The number of ether oxygens (including phenoxy) is 2. The Hall–Kier alpha value is -2.01. The lowest BCUT2D eigenvalue weighted by atomic mass is 9.91. The van der Waals surface area contributed by atoms with E-state index in [1.165, 1.54) is 5.56 Å². The number of aryl methyl sites for hydroxylation is 1. The van der Waals surface area contributed by atoms with Gasteiger partial charge < -0.3 is 14.8 Å². The molecule has 1 N–H and O–H groups in total. The Labute approximate surface area is 124 Å². The number of benzene rings is 1. The maximum absolute atomic E-state index is 5.83. The molecule has 0 fully saturated rings. The van der Waals surface area contributed by atoms with Crippen LogP contribution >= 0.6 is 0 Å². The molecule has 0 saturated carbocycles. The number of nitrogens with one attached hydrogen (secondary N) is 1. The molecule has 112 valence electrons. The molecule has 1 aliphatic heterocycles. The van der Waals surface area contributed by atoms with Gasteiger partial charge in [-0.05, 0) is 20.0 Å². The van der Waals surface area contributed by atoms with Crippen molar-refractivity contribution in [3.63, 3.8) is 0 Å². The fourth-order valence-electron chi connectivity index (χ4n) is 3.09. The number of likely N-dealkylation sites (N-methyl/N-ethyl adjacent to an activating group) is 1. The van der Waals surface area contributed by atoms with E-state index >= 15 is 0 Å². The van der Waals surface area contributed by atoms with Gasteiger partial charge in [0, 0.05) is 18.0 Å². The molecule has 0 bridgehead atoms. The molecule has 2 unspecified atom stereocenters. The van der Waals surface area contributed by atoms with Crippen molar-refractivity contribution in [2.24, 2.45) is 0 Å². The van der Waals surface area contributed by atoms with E-state index in [-0.39, 0.29) is 12.0 Å². The summed E-state index contributed by atoms with van der Waals surface area (Å²) >= 11 is 0. The maximum Gasteiger partial charge on any atom is 0.161 e. The number of para-hydroxylation sites is 1. The minimum atomic E-state index is 0.103. The van der Waals surface area contributed by atoms with Gasteiger partial charge in [0.1, 0.15) is 5.75 Å². The topological polar surface area (TPSA) is 48.3 Å². The van der Waals surface area contributed by atoms with Crippen molar-refractivity contribution in [1.29, 1.82) is 0 Å². The van der Waals surface area contributed by atoms with Crippen molar-refractivity contribution in [3.8, 4) is 11.5 Å². The van der Waals surface area contributed by atoms with Crippen LogP contribution in [0.5, 0.6) is 11.5 Å². The van der Waals surface area contributed by atoms with E-state index in [0.29, 0.717) is 6.61 Å². The SMILES string of the molecule is CCn1ncc(OC)c1C(NC)C1COc2ccccc21. The quantitative estimate of drug-likeness (QED) is 0.917. The molecule has 1 aromatic carbocycles. The van der Waals surface area contributed by atoms with Crippen LogP contribution in [0.2, 0.25) is 0 Å². The van der Waals surface area contributed by atoms with E-state index in [9.17, 15) is 0 Å². The van der Waals surface area contributed by atoms with Crippen LogP contribution in [0.1, 0.15) is 30.1 Å². The van der Waals surface area contributed by atoms with E-state index in [1.54, 1.807) is 13.3 Å². The second kappa shape index (κ2) is 5.77. The van der Waals surface area contributed by atoms with Crippen LogP contribution in [-0.4, -0.2) is 30.5 Å². The molecule has 2 atom stereocenters. The Morgan fingerprint density at radius 2 is 2.29 bits per heavy atom. The Morgan fingerprint density at radius 1 is 1.48 bits per heavy atom. The van der Waals surface area contributed by atoms with E-state index in [2.05, 4.69) is 29.5 Å². The van der Waals surface area contributed by atoms with Crippen molar-refractivity contribution in [1.82, 2.24) is 15.1 Å². The molecule has 0 radical (unpaired) electrons. The van der Waals surface area contributed by atoms with Crippen LogP contribution < -0.4 is 14.8 Å². The zero-order valence-corrected chi connectivity index (χ0v) is 12.7. The van der Waals surface area contributed by atoms with Gasteiger partial charge >= 0.3 is 0 Å². The number of hydrogen-bond acceptors (Lipinski definition) is 4. The Morgan fingerprint density at radius 3 is 3.00 bits per heavy atom. The van der Waals surface area contributed by atoms with Gasteiger partial charge in [-0.3, -0.25) is 4.68 Å². The molecule has 3 rings (SSSR count). The minimum absolute atomic E-state index is 0.103. The minimum Gasteiger partial charge on any atom is -0.493 e. The summed E-state index contributed by atoms with van der Waals surface area (Å²) in [5.41, 5.74) is 2.32. The Bertz CT molecular complexity index is 602. The first-order valence-electron chi connectivity index (χ1n) is 7.28. The van der Waals surface area contributed by atoms with E-state index < -0.39 is 0 Å². The van der Waals surface area contributed by atoms with Gasteiger partial charge in [0.15, 0.2) is 5.75 Å². The highest BCUT2D eigenvalue weighted by molar-refractivity contribution is 5.43. The normalized spacial score (nSPS) is 18.1. The third-order valence-corrected chi connectivity index (χ3v) is 4.11. The smallest absolute Gasteiger partial charge is 0.161 e. The maximum atomic E-state index is 5.83. The monoisotopic (exact) mass is 287 g/mol. The van der Waals surface area contributed by atoms with Crippen LogP contribution in [-0.2, 0) is 6.54 Å². The molecule has 5 heteroatoms. The van der Waals surface area contributed by atoms with Gasteiger partial charge in [-0.25, -0.2) is 0 Å². The Kier molecular flexibility index (Phi) is 3.84. The summed E-state index contributed by atoms with van der Waals surface area (Å²) < 4.78 is 13.3. The molecule has 1 aromatic heterocycles. The highest BCUT2D eigenvalue weighted by Crippen LogP contribution is 2.42. The lowest BCUT2D eigenvalue weighted by Crippen LogP contribution is -2.28. The number of methoxy groups -OCH3 is 1. The predicted octanol–water partition coefficient (Wildman–Crippen LogP) is 2.35. The number of hydrogen-bond donors (Lipinski definition) is 1. The van der Waals surface area contributed by atoms with Gasteiger partial charge in [-0.1, -0.05) is 18.2 Å². The first kappa shape index (κ1) is 13.9. The zero-order valence-electron chi connectivity index (χ0n) is 12.7. The number of nitrogens with zero attached hydrogens (tertiary/aromatic N) is 2. The molecule has 2 heterocycles. The fraction of sp³-hybridized carbons (Fsp3) is 0.438. The van der Waals surface area contributed by atoms with Crippen molar-refractivity contribution in [2.45, 2.75) is 25.4 Å². The van der Waals surface area contributed by atoms with E-state index in [4.69, 9.17) is 9.47 Å². The first-order valence-corrected chi connectivity index (χ1v) is 7.28.